The molecule has 2 amide bonds. The summed E-state index contributed by atoms with van der Waals surface area (Å²) in [5.74, 6) is 0.443. The predicted octanol–water partition coefficient (Wildman–Crippen LogP) is 3.34. The van der Waals surface area contributed by atoms with Gasteiger partial charge in [0.05, 0.1) is 11.6 Å². The lowest BCUT2D eigenvalue weighted by molar-refractivity contribution is -0.130. The third-order valence-corrected chi connectivity index (χ3v) is 4.14. The fraction of sp³-hybridized carbons (Fsp3) is 0.300. The molecule has 0 aliphatic carbocycles. The molecule has 0 unspecified atom stereocenters. The maximum Gasteiger partial charge on any atom is 0.276 e. The molecule has 0 aromatic heterocycles. The van der Waals surface area contributed by atoms with Crippen molar-refractivity contribution in [3.05, 3.63) is 58.6 Å². The monoisotopic (exact) mass is 390 g/mol. The SMILES string of the molecule is Cc1ccc(OCC(=O)NNC(=O)CCCOc2ccccc2Cl)cc1C. The van der Waals surface area contributed by atoms with Crippen molar-refractivity contribution in [1.82, 2.24) is 10.9 Å². The Morgan fingerprint density at radius 2 is 1.70 bits per heavy atom. The molecule has 0 saturated heterocycles. The molecule has 0 heterocycles. The van der Waals surface area contributed by atoms with Gasteiger partial charge >= 0.3 is 0 Å². The van der Waals surface area contributed by atoms with Crippen LogP contribution in [0.4, 0.5) is 0 Å². The smallest absolute Gasteiger partial charge is 0.276 e. The second-order valence-electron chi connectivity index (χ2n) is 6.01. The zero-order chi connectivity index (χ0) is 19.6. The number of carbonyl (C=O) groups is 2. The molecule has 2 N–H and O–H groups in total. The summed E-state index contributed by atoms with van der Waals surface area (Å²) in [7, 11) is 0. The van der Waals surface area contributed by atoms with Crippen LogP contribution >= 0.6 is 11.6 Å². The van der Waals surface area contributed by atoms with E-state index in [1.165, 1.54) is 0 Å². The lowest BCUT2D eigenvalue weighted by Crippen LogP contribution is -2.43. The van der Waals surface area contributed by atoms with Gasteiger partial charge < -0.3 is 9.47 Å². The van der Waals surface area contributed by atoms with Crippen LogP contribution in [0.2, 0.25) is 5.02 Å². The Hall–Kier alpha value is -2.73. The van der Waals surface area contributed by atoms with Gasteiger partial charge in [-0.05, 0) is 55.7 Å². The molecule has 0 fully saturated rings. The molecule has 2 aromatic carbocycles. The molecular weight excluding hydrogens is 368 g/mol. The van der Waals surface area contributed by atoms with Gasteiger partial charge in [0.2, 0.25) is 5.91 Å². The van der Waals surface area contributed by atoms with E-state index in [9.17, 15) is 9.59 Å². The summed E-state index contributed by atoms with van der Waals surface area (Å²) in [4.78, 5) is 23.5. The second kappa shape index (κ2) is 10.4. The van der Waals surface area contributed by atoms with E-state index in [4.69, 9.17) is 21.1 Å². The fourth-order valence-electron chi connectivity index (χ4n) is 2.17. The molecule has 0 saturated carbocycles. The standard InChI is InChI=1S/C20H23ClN2O4/c1-14-9-10-16(12-15(14)2)27-13-20(25)23-22-19(24)8-5-11-26-18-7-4-3-6-17(18)21/h3-4,6-7,9-10,12H,5,8,11,13H2,1-2H3,(H,22,24)(H,23,25). The van der Waals surface area contributed by atoms with E-state index >= 15 is 0 Å². The van der Waals surface area contributed by atoms with E-state index in [2.05, 4.69) is 10.9 Å². The first-order valence-electron chi connectivity index (χ1n) is 8.61. The molecule has 0 spiro atoms. The molecule has 2 rings (SSSR count). The molecule has 0 atom stereocenters. The molecule has 6 nitrogen and oxygen atoms in total. The molecule has 2 aromatic rings. The van der Waals surface area contributed by atoms with Crippen molar-refractivity contribution >= 4 is 23.4 Å². The lowest BCUT2D eigenvalue weighted by atomic mass is 10.1. The number of hydrogen-bond donors (Lipinski definition) is 2. The van der Waals surface area contributed by atoms with Crippen LogP contribution in [0.15, 0.2) is 42.5 Å². The van der Waals surface area contributed by atoms with Crippen LogP contribution in [0.25, 0.3) is 0 Å². The quantitative estimate of drug-likeness (QED) is 0.535. The van der Waals surface area contributed by atoms with E-state index in [0.29, 0.717) is 29.5 Å². The second-order valence-corrected chi connectivity index (χ2v) is 6.42. The van der Waals surface area contributed by atoms with Crippen LogP contribution in [-0.2, 0) is 9.59 Å². The Kier molecular flexibility index (Phi) is 7.95. The maximum atomic E-state index is 11.7. The van der Waals surface area contributed by atoms with Gasteiger partial charge in [-0.3, -0.25) is 20.4 Å². The molecule has 0 aliphatic heterocycles. The number of aryl methyl sites for hydroxylation is 2. The topological polar surface area (TPSA) is 76.7 Å². The fourth-order valence-corrected chi connectivity index (χ4v) is 2.36. The van der Waals surface area contributed by atoms with Gasteiger partial charge in [0.1, 0.15) is 11.5 Å². The largest absolute Gasteiger partial charge is 0.492 e. The normalized spacial score (nSPS) is 10.2. The summed E-state index contributed by atoms with van der Waals surface area (Å²) in [6.07, 6.45) is 0.703. The maximum absolute atomic E-state index is 11.7. The number of halogens is 1. The van der Waals surface area contributed by atoms with Gasteiger partial charge in [-0.2, -0.15) is 0 Å². The van der Waals surface area contributed by atoms with E-state index < -0.39 is 5.91 Å². The van der Waals surface area contributed by atoms with Gasteiger partial charge in [-0.1, -0.05) is 29.8 Å². The first-order valence-corrected chi connectivity index (χ1v) is 8.98. The van der Waals surface area contributed by atoms with E-state index in [-0.39, 0.29) is 18.9 Å². The van der Waals surface area contributed by atoms with E-state index in [0.717, 1.165) is 11.1 Å². The Balaban J connectivity index is 1.59. The lowest BCUT2D eigenvalue weighted by Gasteiger charge is -2.10. The zero-order valence-electron chi connectivity index (χ0n) is 15.4. The number of benzene rings is 2. The first kappa shape index (κ1) is 20.6. The highest BCUT2D eigenvalue weighted by Crippen LogP contribution is 2.23. The number of amides is 2. The number of carbonyl (C=O) groups excluding carboxylic acids is 2. The Morgan fingerprint density at radius 3 is 2.44 bits per heavy atom. The molecule has 27 heavy (non-hydrogen) atoms. The van der Waals surface area contributed by atoms with E-state index in [1.54, 1.807) is 18.2 Å². The van der Waals surface area contributed by atoms with Crippen molar-refractivity contribution in [1.29, 1.82) is 0 Å². The zero-order valence-corrected chi connectivity index (χ0v) is 16.1. The predicted molar refractivity (Wildman–Crippen MR) is 104 cm³/mol. The van der Waals surface area contributed by atoms with Crippen LogP contribution in [-0.4, -0.2) is 25.0 Å². The summed E-state index contributed by atoms with van der Waals surface area (Å²) in [5, 5.41) is 0.526. The molecular formula is C20H23ClN2O4. The number of hydrazine groups is 1. The van der Waals surface area contributed by atoms with Crippen LogP contribution in [0, 0.1) is 13.8 Å². The van der Waals surface area contributed by atoms with Crippen LogP contribution in [0.1, 0.15) is 24.0 Å². The Labute approximate surface area is 163 Å². The van der Waals surface area contributed by atoms with Gasteiger partial charge in [-0.25, -0.2) is 0 Å². The minimum Gasteiger partial charge on any atom is -0.492 e. The Morgan fingerprint density at radius 1 is 0.963 bits per heavy atom. The summed E-state index contributed by atoms with van der Waals surface area (Å²) in [5.41, 5.74) is 6.90. The summed E-state index contributed by atoms with van der Waals surface area (Å²) >= 11 is 5.98. The summed E-state index contributed by atoms with van der Waals surface area (Å²) in [6.45, 7) is 4.14. The average molecular weight is 391 g/mol. The van der Waals surface area contributed by atoms with Gasteiger partial charge in [0, 0.05) is 6.42 Å². The summed E-state index contributed by atoms with van der Waals surface area (Å²) in [6, 6.07) is 12.7. The van der Waals surface area contributed by atoms with Crippen molar-refractivity contribution < 1.29 is 19.1 Å². The highest BCUT2D eigenvalue weighted by atomic mass is 35.5. The van der Waals surface area contributed by atoms with Crippen molar-refractivity contribution in [3.63, 3.8) is 0 Å². The minimum atomic E-state index is -0.436. The molecule has 0 bridgehead atoms. The number of rotatable bonds is 8. The minimum absolute atomic E-state index is 0.182. The molecule has 144 valence electrons. The van der Waals surface area contributed by atoms with Crippen LogP contribution in [0.3, 0.4) is 0 Å². The molecule has 7 heteroatoms. The van der Waals surface area contributed by atoms with Crippen molar-refractivity contribution in [2.24, 2.45) is 0 Å². The first-order chi connectivity index (χ1) is 13.0. The third kappa shape index (κ3) is 7.19. The van der Waals surface area contributed by atoms with E-state index in [1.807, 2.05) is 38.1 Å². The number of ether oxygens (including phenoxy) is 2. The number of para-hydroxylation sites is 1. The third-order valence-electron chi connectivity index (χ3n) is 3.83. The highest BCUT2D eigenvalue weighted by molar-refractivity contribution is 6.32. The number of hydrogen-bond acceptors (Lipinski definition) is 4. The average Bonchev–Trinajstić information content (AvgIpc) is 2.65. The molecule has 0 radical (unpaired) electrons. The van der Waals surface area contributed by atoms with Crippen molar-refractivity contribution in [2.75, 3.05) is 13.2 Å². The van der Waals surface area contributed by atoms with Gasteiger partial charge in [-0.15, -0.1) is 0 Å². The van der Waals surface area contributed by atoms with Gasteiger partial charge in [0.25, 0.3) is 5.91 Å². The number of nitrogens with one attached hydrogen (secondary N) is 2. The van der Waals surface area contributed by atoms with Crippen LogP contribution < -0.4 is 20.3 Å². The molecule has 0 aliphatic rings. The van der Waals surface area contributed by atoms with Crippen molar-refractivity contribution in [3.8, 4) is 11.5 Å². The summed E-state index contributed by atoms with van der Waals surface area (Å²) < 4.78 is 10.9. The highest BCUT2D eigenvalue weighted by Gasteiger charge is 2.07. The van der Waals surface area contributed by atoms with Gasteiger partial charge in [0.15, 0.2) is 6.61 Å². The van der Waals surface area contributed by atoms with Crippen molar-refractivity contribution in [2.45, 2.75) is 26.7 Å². The van der Waals surface area contributed by atoms with Crippen LogP contribution in [0.5, 0.6) is 11.5 Å². The Bertz CT molecular complexity index is 795.